The number of amides is 1. The van der Waals surface area contributed by atoms with Gasteiger partial charge in [-0.05, 0) is 36.3 Å². The number of benzene rings is 1. The van der Waals surface area contributed by atoms with Gasteiger partial charge in [-0.2, -0.15) is 10.1 Å². The van der Waals surface area contributed by atoms with Crippen molar-refractivity contribution in [2.24, 2.45) is 0 Å². The molecule has 3 N–H and O–H groups in total. The fourth-order valence-electron chi connectivity index (χ4n) is 3.41. The maximum absolute atomic E-state index is 11.7. The number of rotatable bonds is 10. The van der Waals surface area contributed by atoms with E-state index in [1.807, 2.05) is 36.5 Å². The largest absolute Gasteiger partial charge is 0.383 e. The lowest BCUT2D eigenvalue weighted by Gasteiger charge is -2.18. The van der Waals surface area contributed by atoms with Crippen LogP contribution in [0.2, 0.25) is 0 Å². The first kappa shape index (κ1) is 23.1. The van der Waals surface area contributed by atoms with E-state index in [2.05, 4.69) is 32.6 Å². The van der Waals surface area contributed by atoms with Crippen molar-refractivity contribution in [3.63, 3.8) is 0 Å². The molecule has 0 saturated carbocycles. The van der Waals surface area contributed by atoms with Gasteiger partial charge in [-0.3, -0.25) is 9.48 Å². The Balaban J connectivity index is 1.60. The Bertz CT molecular complexity index is 1190. The van der Waals surface area contributed by atoms with E-state index in [1.165, 1.54) is 6.08 Å². The van der Waals surface area contributed by atoms with Gasteiger partial charge in [-0.15, -0.1) is 0 Å². The highest BCUT2D eigenvalue weighted by Gasteiger charge is 2.15. The summed E-state index contributed by atoms with van der Waals surface area (Å²) in [5, 5.41) is 13.7. The molecule has 4 rings (SSSR count). The number of methoxy groups -OCH3 is 1. The lowest BCUT2D eigenvalue weighted by molar-refractivity contribution is -0.111. The van der Waals surface area contributed by atoms with Gasteiger partial charge in [0.2, 0.25) is 11.9 Å². The second-order valence-electron chi connectivity index (χ2n) is 7.52. The minimum absolute atomic E-state index is 0.273. The average molecular weight is 462 g/mol. The number of aromatic nitrogens is 4. The van der Waals surface area contributed by atoms with Crippen molar-refractivity contribution in [2.75, 3.05) is 42.9 Å². The van der Waals surface area contributed by atoms with Crippen LogP contribution in [-0.2, 0) is 20.8 Å². The van der Waals surface area contributed by atoms with Crippen LogP contribution < -0.4 is 16.0 Å². The van der Waals surface area contributed by atoms with Gasteiger partial charge < -0.3 is 25.4 Å². The molecular formula is C24H27N7O3. The van der Waals surface area contributed by atoms with Gasteiger partial charge in [0.15, 0.2) is 0 Å². The Morgan fingerprint density at radius 3 is 2.94 bits per heavy atom. The van der Waals surface area contributed by atoms with Crippen molar-refractivity contribution >= 4 is 40.3 Å². The maximum Gasteiger partial charge on any atom is 0.247 e. The lowest BCUT2D eigenvalue weighted by Crippen LogP contribution is -2.09. The fourth-order valence-corrected chi connectivity index (χ4v) is 3.41. The number of carbonyl (C=O) groups is 1. The molecule has 1 amide bonds. The fraction of sp³-hybridized carbons (Fsp3) is 0.250. The van der Waals surface area contributed by atoms with E-state index in [0.29, 0.717) is 43.8 Å². The zero-order valence-corrected chi connectivity index (χ0v) is 19.0. The molecule has 0 atom stereocenters. The van der Waals surface area contributed by atoms with E-state index >= 15 is 0 Å². The summed E-state index contributed by atoms with van der Waals surface area (Å²) in [6, 6.07) is 7.39. The molecule has 0 radical (unpaired) electrons. The van der Waals surface area contributed by atoms with Gasteiger partial charge in [-0.25, -0.2) is 4.98 Å². The minimum atomic E-state index is -0.273. The second-order valence-corrected chi connectivity index (χ2v) is 7.52. The standard InChI is InChI=1S/C24H27N7O3/c1-3-22(32)27-18-5-4-6-19(13-18)28-23-21(17-7-10-34-11-8-17)15-25-24(30-23)29-20-14-26-31(16-20)9-12-33-2/h3-7,13-16H,1,8-12H2,2H3,(H,27,32)(H2,25,28,29,30). The third-order valence-electron chi connectivity index (χ3n) is 5.09. The molecule has 1 aliphatic rings. The summed E-state index contributed by atoms with van der Waals surface area (Å²) in [5.41, 5.74) is 4.20. The topological polar surface area (TPSA) is 115 Å². The number of nitrogens with zero attached hydrogens (tertiary/aromatic N) is 4. The molecule has 10 heteroatoms. The van der Waals surface area contributed by atoms with Crippen molar-refractivity contribution in [1.82, 2.24) is 19.7 Å². The van der Waals surface area contributed by atoms with Crippen LogP contribution in [0.1, 0.15) is 12.0 Å². The van der Waals surface area contributed by atoms with Gasteiger partial charge >= 0.3 is 0 Å². The van der Waals surface area contributed by atoms with Crippen LogP contribution in [0.4, 0.5) is 28.8 Å². The van der Waals surface area contributed by atoms with Gasteiger partial charge in [0.1, 0.15) is 5.82 Å². The summed E-state index contributed by atoms with van der Waals surface area (Å²) < 4.78 is 12.3. The molecule has 0 unspecified atom stereocenters. The van der Waals surface area contributed by atoms with Gasteiger partial charge in [-0.1, -0.05) is 18.7 Å². The van der Waals surface area contributed by atoms with Gasteiger partial charge in [0.25, 0.3) is 0 Å². The van der Waals surface area contributed by atoms with E-state index in [9.17, 15) is 4.79 Å². The van der Waals surface area contributed by atoms with Crippen LogP contribution >= 0.6 is 0 Å². The van der Waals surface area contributed by atoms with Crippen LogP contribution in [0.5, 0.6) is 0 Å². The van der Waals surface area contributed by atoms with Crippen LogP contribution in [0.3, 0.4) is 0 Å². The Morgan fingerprint density at radius 1 is 1.26 bits per heavy atom. The summed E-state index contributed by atoms with van der Waals surface area (Å²) in [4.78, 5) is 20.9. The summed E-state index contributed by atoms with van der Waals surface area (Å²) in [6.07, 6.45) is 9.43. The Labute approximate surface area is 197 Å². The molecule has 0 fully saturated rings. The third kappa shape index (κ3) is 6.06. The molecule has 3 heterocycles. The summed E-state index contributed by atoms with van der Waals surface area (Å²) in [6.45, 7) is 5.92. The van der Waals surface area contributed by atoms with Gasteiger partial charge in [0, 0.05) is 36.4 Å². The van der Waals surface area contributed by atoms with Crippen LogP contribution in [0.15, 0.2) is 61.6 Å². The number of nitrogens with one attached hydrogen (secondary N) is 3. The summed E-state index contributed by atoms with van der Waals surface area (Å²) in [5.74, 6) is 0.802. The molecule has 0 bridgehead atoms. The van der Waals surface area contributed by atoms with Crippen molar-refractivity contribution in [3.8, 4) is 0 Å². The Hall–Kier alpha value is -4.02. The molecule has 0 saturated heterocycles. The number of carbonyl (C=O) groups excluding carboxylic acids is 1. The zero-order chi connectivity index (χ0) is 23.8. The second kappa shape index (κ2) is 11.2. The van der Waals surface area contributed by atoms with Crippen LogP contribution in [-0.4, -0.2) is 52.6 Å². The van der Waals surface area contributed by atoms with Crippen LogP contribution in [0, 0.1) is 0 Å². The van der Waals surface area contributed by atoms with Gasteiger partial charge in [0.05, 0.1) is 38.2 Å². The van der Waals surface area contributed by atoms with Crippen molar-refractivity contribution in [1.29, 1.82) is 0 Å². The SMILES string of the molecule is C=CC(=O)Nc1cccc(Nc2nc(Nc3cnn(CCOC)c3)ncc2C2=CCOCC2)c1. The molecular weight excluding hydrogens is 434 g/mol. The number of hydrogen-bond donors (Lipinski definition) is 3. The molecule has 176 valence electrons. The highest BCUT2D eigenvalue weighted by molar-refractivity contribution is 5.99. The molecule has 1 aromatic carbocycles. The molecule has 1 aliphatic heterocycles. The quantitative estimate of drug-likeness (QED) is 0.391. The van der Waals surface area contributed by atoms with E-state index in [-0.39, 0.29) is 5.91 Å². The molecule has 0 aliphatic carbocycles. The van der Waals surface area contributed by atoms with Crippen molar-refractivity contribution in [2.45, 2.75) is 13.0 Å². The van der Waals surface area contributed by atoms with Crippen molar-refractivity contribution < 1.29 is 14.3 Å². The highest BCUT2D eigenvalue weighted by atomic mass is 16.5. The molecule has 2 aromatic heterocycles. The minimum Gasteiger partial charge on any atom is -0.383 e. The zero-order valence-electron chi connectivity index (χ0n) is 19.0. The summed E-state index contributed by atoms with van der Waals surface area (Å²) in [7, 11) is 1.66. The number of anilines is 5. The first-order chi connectivity index (χ1) is 16.6. The van der Waals surface area contributed by atoms with E-state index in [0.717, 1.165) is 28.9 Å². The summed E-state index contributed by atoms with van der Waals surface area (Å²) >= 11 is 0. The van der Waals surface area contributed by atoms with Crippen LogP contribution in [0.25, 0.3) is 5.57 Å². The Morgan fingerprint density at radius 2 is 2.15 bits per heavy atom. The van der Waals surface area contributed by atoms with Crippen molar-refractivity contribution in [3.05, 3.63) is 67.2 Å². The third-order valence-corrected chi connectivity index (χ3v) is 5.09. The molecule has 10 nitrogen and oxygen atoms in total. The first-order valence-corrected chi connectivity index (χ1v) is 10.9. The normalized spacial score (nSPS) is 13.1. The highest BCUT2D eigenvalue weighted by Crippen LogP contribution is 2.30. The average Bonchev–Trinajstić information content (AvgIpc) is 3.30. The molecule has 3 aromatic rings. The predicted octanol–water partition coefficient (Wildman–Crippen LogP) is 3.73. The maximum atomic E-state index is 11.7. The molecule has 0 spiro atoms. The number of hydrogen-bond acceptors (Lipinski definition) is 8. The first-order valence-electron chi connectivity index (χ1n) is 10.9. The Kier molecular flexibility index (Phi) is 7.63. The molecule has 34 heavy (non-hydrogen) atoms. The van der Waals surface area contributed by atoms with E-state index in [4.69, 9.17) is 14.5 Å². The lowest BCUT2D eigenvalue weighted by atomic mass is 10.0. The predicted molar refractivity (Wildman–Crippen MR) is 131 cm³/mol. The monoisotopic (exact) mass is 461 g/mol. The van der Waals surface area contributed by atoms with E-state index < -0.39 is 0 Å². The van der Waals surface area contributed by atoms with E-state index in [1.54, 1.807) is 24.2 Å². The smallest absolute Gasteiger partial charge is 0.247 e. The number of ether oxygens (including phenoxy) is 2.